The van der Waals surface area contributed by atoms with E-state index in [2.05, 4.69) is 4.99 Å². The van der Waals surface area contributed by atoms with Gasteiger partial charge in [-0.2, -0.15) is 0 Å². The lowest BCUT2D eigenvalue weighted by Crippen LogP contribution is -2.23. The summed E-state index contributed by atoms with van der Waals surface area (Å²) in [5.41, 5.74) is 0. The highest BCUT2D eigenvalue weighted by atomic mass is 15.4. The van der Waals surface area contributed by atoms with Crippen LogP contribution in [0.25, 0.3) is 0 Å². The number of rotatable bonds is 2. The Morgan fingerprint density at radius 2 is 2.43 bits per heavy atom. The van der Waals surface area contributed by atoms with Crippen molar-refractivity contribution >= 4 is 6.34 Å². The molecule has 3 heteroatoms. The van der Waals surface area contributed by atoms with Gasteiger partial charge in [-0.25, -0.2) is 5.84 Å². The molecule has 7 heavy (non-hydrogen) atoms. The fourth-order valence-corrected chi connectivity index (χ4v) is 0.210. The molecule has 2 N–H and O–H groups in total. The minimum Gasteiger partial charge on any atom is -0.304 e. The minimum atomic E-state index is 0.793. The zero-order valence-corrected chi connectivity index (χ0v) is 4.76. The van der Waals surface area contributed by atoms with Crippen molar-refractivity contribution in [1.29, 1.82) is 0 Å². The van der Waals surface area contributed by atoms with Crippen molar-refractivity contribution in [2.24, 2.45) is 10.8 Å². The molecule has 0 atom stereocenters. The van der Waals surface area contributed by atoms with Crippen LogP contribution in [-0.4, -0.2) is 24.9 Å². The summed E-state index contributed by atoms with van der Waals surface area (Å²) in [7, 11) is 1.74. The van der Waals surface area contributed by atoms with E-state index in [9.17, 15) is 0 Å². The summed E-state index contributed by atoms with van der Waals surface area (Å²) in [6, 6.07) is 0. The summed E-state index contributed by atoms with van der Waals surface area (Å²) in [5, 5.41) is 1.42. The van der Waals surface area contributed by atoms with Gasteiger partial charge >= 0.3 is 0 Å². The molecule has 0 saturated heterocycles. The Labute approximate surface area is 43.8 Å². The van der Waals surface area contributed by atoms with Gasteiger partial charge in [-0.3, -0.25) is 4.99 Å². The molecule has 0 unspecified atom stereocenters. The van der Waals surface area contributed by atoms with Crippen molar-refractivity contribution in [3.63, 3.8) is 0 Å². The van der Waals surface area contributed by atoms with Crippen LogP contribution in [0.3, 0.4) is 0 Å². The Hall–Kier alpha value is -0.570. The topological polar surface area (TPSA) is 41.6 Å². The van der Waals surface area contributed by atoms with Crippen molar-refractivity contribution in [3.05, 3.63) is 0 Å². The summed E-state index contributed by atoms with van der Waals surface area (Å²) in [4.78, 5) is 3.85. The Balaban J connectivity index is 3.08. The van der Waals surface area contributed by atoms with Crippen LogP contribution in [0.15, 0.2) is 4.99 Å². The highest BCUT2D eigenvalue weighted by molar-refractivity contribution is 5.53. The van der Waals surface area contributed by atoms with Gasteiger partial charge in [-0.05, 0) is 6.92 Å². The molecule has 0 heterocycles. The fourth-order valence-electron chi connectivity index (χ4n) is 0.210. The summed E-state index contributed by atoms with van der Waals surface area (Å²) in [6.45, 7) is 2.75. The number of aliphatic imine (C=N–C) groups is 1. The Bertz CT molecular complexity index is 58.0. The van der Waals surface area contributed by atoms with E-state index in [0.717, 1.165) is 6.54 Å². The first kappa shape index (κ1) is 6.43. The van der Waals surface area contributed by atoms with E-state index < -0.39 is 0 Å². The zero-order chi connectivity index (χ0) is 5.70. The number of hydrogen-bond donors (Lipinski definition) is 1. The highest BCUT2D eigenvalue weighted by Gasteiger charge is 1.70. The molecule has 3 nitrogen and oxygen atoms in total. The highest BCUT2D eigenvalue weighted by Crippen LogP contribution is 1.62. The van der Waals surface area contributed by atoms with Crippen LogP contribution >= 0.6 is 0 Å². The van der Waals surface area contributed by atoms with Crippen molar-refractivity contribution in [3.8, 4) is 0 Å². The third-order valence-corrected chi connectivity index (χ3v) is 0.446. The molecule has 42 valence electrons. The van der Waals surface area contributed by atoms with Crippen LogP contribution in [0.1, 0.15) is 6.92 Å². The van der Waals surface area contributed by atoms with E-state index in [1.54, 1.807) is 13.4 Å². The van der Waals surface area contributed by atoms with Gasteiger partial charge in [0.05, 0.1) is 6.34 Å². The van der Waals surface area contributed by atoms with Crippen LogP contribution in [0, 0.1) is 0 Å². The molecular formula is C4H11N3. The first-order valence-corrected chi connectivity index (χ1v) is 2.25. The molecule has 0 fully saturated rings. The van der Waals surface area contributed by atoms with Crippen LogP contribution in [0.5, 0.6) is 0 Å². The third-order valence-electron chi connectivity index (χ3n) is 0.446. The van der Waals surface area contributed by atoms with Gasteiger partial charge in [0.1, 0.15) is 0 Å². The van der Waals surface area contributed by atoms with Gasteiger partial charge in [0.2, 0.25) is 0 Å². The van der Waals surface area contributed by atoms with Crippen LogP contribution < -0.4 is 5.84 Å². The average Bonchev–Trinajstić information content (AvgIpc) is 1.61. The maximum Gasteiger partial charge on any atom is 0.0987 e. The summed E-state index contributed by atoms with van der Waals surface area (Å²) >= 11 is 0. The number of hydrazine groups is 1. The molecular weight excluding hydrogens is 90.1 g/mol. The molecule has 0 bridgehead atoms. The standard InChI is InChI=1S/C4H11N3/c1-3-6-4-7(2)5/h4H,3,5H2,1-2H3/b6-4-. The maximum absolute atomic E-state index is 5.16. The Kier molecular flexibility index (Phi) is 3.32. The first-order valence-electron chi connectivity index (χ1n) is 2.25. The fraction of sp³-hybridized carbons (Fsp3) is 0.750. The summed E-state index contributed by atoms with van der Waals surface area (Å²) < 4.78 is 0. The molecule has 0 rings (SSSR count). The number of hydrogen-bond acceptors (Lipinski definition) is 2. The minimum absolute atomic E-state index is 0.793. The second-order valence-corrected chi connectivity index (χ2v) is 1.28. The second-order valence-electron chi connectivity index (χ2n) is 1.28. The maximum atomic E-state index is 5.16. The van der Waals surface area contributed by atoms with Gasteiger partial charge < -0.3 is 5.01 Å². The van der Waals surface area contributed by atoms with Gasteiger partial charge in [0, 0.05) is 13.6 Å². The largest absolute Gasteiger partial charge is 0.304 e. The van der Waals surface area contributed by atoms with E-state index in [0.29, 0.717) is 0 Å². The average molecular weight is 101 g/mol. The third kappa shape index (κ3) is 5.43. The van der Waals surface area contributed by atoms with E-state index in [1.165, 1.54) is 5.01 Å². The van der Waals surface area contributed by atoms with Gasteiger partial charge in [0.15, 0.2) is 0 Å². The lowest BCUT2D eigenvalue weighted by molar-refractivity contribution is 0.554. The molecule has 0 saturated carbocycles. The molecule has 0 spiro atoms. The summed E-state index contributed by atoms with van der Waals surface area (Å²) in [5.74, 6) is 5.16. The molecule has 0 aliphatic carbocycles. The zero-order valence-electron chi connectivity index (χ0n) is 4.76. The SMILES string of the molecule is CC/N=C\N(C)N. The second kappa shape index (κ2) is 3.61. The van der Waals surface area contributed by atoms with E-state index in [4.69, 9.17) is 5.84 Å². The van der Waals surface area contributed by atoms with E-state index in [-0.39, 0.29) is 0 Å². The normalized spacial score (nSPS) is 10.1. The van der Waals surface area contributed by atoms with Gasteiger partial charge in [0.25, 0.3) is 0 Å². The predicted molar refractivity (Wildman–Crippen MR) is 31.0 cm³/mol. The molecule has 0 aliphatic heterocycles. The number of nitrogens with two attached hydrogens (primary N) is 1. The first-order chi connectivity index (χ1) is 3.27. The molecule has 0 aromatic rings. The smallest absolute Gasteiger partial charge is 0.0987 e. The van der Waals surface area contributed by atoms with Gasteiger partial charge in [-0.15, -0.1) is 0 Å². The van der Waals surface area contributed by atoms with Crippen molar-refractivity contribution in [1.82, 2.24) is 5.01 Å². The Morgan fingerprint density at radius 3 is 2.57 bits per heavy atom. The molecule has 0 aliphatic rings. The molecule has 0 aromatic heterocycles. The molecule has 0 amide bonds. The van der Waals surface area contributed by atoms with Crippen LogP contribution in [0.4, 0.5) is 0 Å². The van der Waals surface area contributed by atoms with E-state index in [1.807, 2.05) is 6.92 Å². The van der Waals surface area contributed by atoms with Crippen molar-refractivity contribution < 1.29 is 0 Å². The quantitative estimate of drug-likeness (QED) is 0.227. The predicted octanol–water partition coefficient (Wildman–Crippen LogP) is -0.160. The van der Waals surface area contributed by atoms with E-state index >= 15 is 0 Å². The lowest BCUT2D eigenvalue weighted by atomic mass is 10.8. The molecule has 0 radical (unpaired) electrons. The molecule has 0 aromatic carbocycles. The number of nitrogens with zero attached hydrogens (tertiary/aromatic N) is 2. The van der Waals surface area contributed by atoms with Gasteiger partial charge in [-0.1, -0.05) is 0 Å². The Morgan fingerprint density at radius 1 is 1.86 bits per heavy atom. The van der Waals surface area contributed by atoms with Crippen molar-refractivity contribution in [2.75, 3.05) is 13.6 Å². The van der Waals surface area contributed by atoms with Crippen LogP contribution in [0.2, 0.25) is 0 Å². The lowest BCUT2D eigenvalue weighted by Gasteiger charge is -1.99. The summed E-state index contributed by atoms with van der Waals surface area (Å²) in [6.07, 6.45) is 1.58. The van der Waals surface area contributed by atoms with Crippen molar-refractivity contribution in [2.45, 2.75) is 6.92 Å². The van der Waals surface area contributed by atoms with Crippen LogP contribution in [-0.2, 0) is 0 Å². The monoisotopic (exact) mass is 101 g/mol.